The molecular formula is C12H24N2O4. The molecule has 1 unspecified atom stereocenters. The van der Waals surface area contributed by atoms with E-state index in [4.69, 9.17) is 9.84 Å². The van der Waals surface area contributed by atoms with E-state index < -0.39 is 12.0 Å². The number of ether oxygens (including phenoxy) is 1. The number of hydrogen-bond acceptors (Lipinski definition) is 4. The molecule has 0 radical (unpaired) electrons. The van der Waals surface area contributed by atoms with Gasteiger partial charge >= 0.3 is 5.97 Å². The van der Waals surface area contributed by atoms with Gasteiger partial charge in [-0.25, -0.2) is 4.79 Å². The average Bonchev–Trinajstić information content (AvgIpc) is 2.29. The molecule has 3 N–H and O–H groups in total. The highest BCUT2D eigenvalue weighted by atomic mass is 16.5. The van der Waals surface area contributed by atoms with Crippen molar-refractivity contribution in [2.24, 2.45) is 0 Å². The summed E-state index contributed by atoms with van der Waals surface area (Å²) >= 11 is 0. The van der Waals surface area contributed by atoms with E-state index in [1.807, 2.05) is 13.8 Å². The Kier molecular flexibility index (Phi) is 9.22. The fourth-order valence-electron chi connectivity index (χ4n) is 1.40. The van der Waals surface area contributed by atoms with Crippen LogP contribution in [0.25, 0.3) is 0 Å². The Balaban J connectivity index is 3.84. The predicted octanol–water partition coefficient (Wildman–Crippen LogP) is 0.371. The number of carboxylic acids is 1. The van der Waals surface area contributed by atoms with Gasteiger partial charge in [0.15, 0.2) is 0 Å². The summed E-state index contributed by atoms with van der Waals surface area (Å²) in [5.74, 6) is -1.26. The zero-order valence-corrected chi connectivity index (χ0v) is 11.4. The minimum Gasteiger partial charge on any atom is -0.480 e. The molecule has 0 fully saturated rings. The number of carbonyl (C=O) groups is 2. The van der Waals surface area contributed by atoms with Crippen LogP contribution in [0.3, 0.4) is 0 Å². The number of rotatable bonds is 10. The third kappa shape index (κ3) is 8.95. The Morgan fingerprint density at radius 2 is 2.00 bits per heavy atom. The number of amides is 1. The van der Waals surface area contributed by atoms with Gasteiger partial charge in [-0.1, -0.05) is 13.8 Å². The van der Waals surface area contributed by atoms with E-state index in [0.717, 1.165) is 6.54 Å². The van der Waals surface area contributed by atoms with Crippen LogP contribution >= 0.6 is 0 Å². The van der Waals surface area contributed by atoms with Crippen LogP contribution in [-0.2, 0) is 14.3 Å². The Morgan fingerprint density at radius 3 is 2.50 bits per heavy atom. The van der Waals surface area contributed by atoms with Crippen LogP contribution in [-0.4, -0.2) is 49.3 Å². The molecule has 1 atom stereocenters. The maximum absolute atomic E-state index is 11.5. The van der Waals surface area contributed by atoms with Gasteiger partial charge in [-0.05, 0) is 13.0 Å². The first-order valence-corrected chi connectivity index (χ1v) is 6.21. The van der Waals surface area contributed by atoms with E-state index in [9.17, 15) is 9.59 Å². The second-order valence-electron chi connectivity index (χ2n) is 4.45. The van der Waals surface area contributed by atoms with Gasteiger partial charge in [0.1, 0.15) is 6.04 Å². The van der Waals surface area contributed by atoms with Crippen molar-refractivity contribution in [3.05, 3.63) is 0 Å². The van der Waals surface area contributed by atoms with Crippen LogP contribution in [0.1, 0.15) is 33.1 Å². The Labute approximate surface area is 108 Å². The highest BCUT2D eigenvalue weighted by Crippen LogP contribution is 1.96. The molecule has 18 heavy (non-hydrogen) atoms. The second kappa shape index (κ2) is 9.85. The van der Waals surface area contributed by atoms with Gasteiger partial charge in [0, 0.05) is 32.6 Å². The fourth-order valence-corrected chi connectivity index (χ4v) is 1.40. The van der Waals surface area contributed by atoms with Gasteiger partial charge in [-0.15, -0.1) is 0 Å². The minimum absolute atomic E-state index is 0.232. The molecule has 0 saturated heterocycles. The zero-order chi connectivity index (χ0) is 14.0. The van der Waals surface area contributed by atoms with Crippen molar-refractivity contribution in [2.45, 2.75) is 45.2 Å². The topological polar surface area (TPSA) is 87.7 Å². The Morgan fingerprint density at radius 1 is 1.33 bits per heavy atom. The van der Waals surface area contributed by atoms with Gasteiger partial charge in [-0.3, -0.25) is 4.79 Å². The lowest BCUT2D eigenvalue weighted by Crippen LogP contribution is -2.41. The lowest BCUT2D eigenvalue weighted by Gasteiger charge is -2.14. The molecule has 0 aliphatic carbocycles. The monoisotopic (exact) mass is 260 g/mol. The van der Waals surface area contributed by atoms with E-state index >= 15 is 0 Å². The van der Waals surface area contributed by atoms with Gasteiger partial charge in [-0.2, -0.15) is 0 Å². The number of nitrogens with one attached hydrogen (secondary N) is 2. The molecule has 0 bridgehead atoms. The van der Waals surface area contributed by atoms with E-state index in [0.29, 0.717) is 25.5 Å². The van der Waals surface area contributed by atoms with Crippen LogP contribution in [0.5, 0.6) is 0 Å². The number of carbonyl (C=O) groups excluding carboxylic acids is 1. The minimum atomic E-state index is -1.03. The number of carboxylic acid groups (broad SMARTS) is 1. The average molecular weight is 260 g/mol. The van der Waals surface area contributed by atoms with Crippen LogP contribution in [0.4, 0.5) is 0 Å². The smallest absolute Gasteiger partial charge is 0.326 e. The standard InChI is InChI=1S/C12H24N2O4/c1-9(2)13-7-4-5-11(15)14-10(12(16)17)6-8-18-3/h9-10,13H,4-8H2,1-3H3,(H,14,15)(H,16,17). The first kappa shape index (κ1) is 16.9. The molecule has 0 aliphatic rings. The molecule has 6 nitrogen and oxygen atoms in total. The van der Waals surface area contributed by atoms with Crippen molar-refractivity contribution in [3.63, 3.8) is 0 Å². The summed E-state index contributed by atoms with van der Waals surface area (Å²) in [6, 6.07) is -0.475. The first-order valence-electron chi connectivity index (χ1n) is 6.21. The summed E-state index contributed by atoms with van der Waals surface area (Å²) in [7, 11) is 1.50. The SMILES string of the molecule is COCCC(NC(=O)CCCNC(C)C)C(=O)O. The van der Waals surface area contributed by atoms with E-state index in [1.165, 1.54) is 7.11 Å². The summed E-state index contributed by atoms with van der Waals surface area (Å²) < 4.78 is 4.80. The molecule has 106 valence electrons. The molecule has 0 aromatic carbocycles. The normalized spacial score (nSPS) is 12.4. The summed E-state index contributed by atoms with van der Waals surface area (Å²) in [6.45, 7) is 5.13. The molecule has 0 saturated carbocycles. The van der Waals surface area contributed by atoms with E-state index in [2.05, 4.69) is 10.6 Å². The third-order valence-corrected chi connectivity index (χ3v) is 2.38. The number of aliphatic carboxylic acids is 1. The van der Waals surface area contributed by atoms with Crippen LogP contribution in [0.15, 0.2) is 0 Å². The summed E-state index contributed by atoms with van der Waals surface area (Å²) in [4.78, 5) is 22.4. The van der Waals surface area contributed by atoms with Crippen molar-refractivity contribution < 1.29 is 19.4 Å². The molecule has 0 heterocycles. The lowest BCUT2D eigenvalue weighted by molar-refractivity contribution is -0.142. The second-order valence-corrected chi connectivity index (χ2v) is 4.45. The lowest BCUT2D eigenvalue weighted by atomic mass is 10.2. The number of hydrogen-bond donors (Lipinski definition) is 3. The van der Waals surface area contributed by atoms with Gasteiger partial charge in [0.05, 0.1) is 0 Å². The van der Waals surface area contributed by atoms with Crippen molar-refractivity contribution in [3.8, 4) is 0 Å². The van der Waals surface area contributed by atoms with E-state index in [1.54, 1.807) is 0 Å². The molecular weight excluding hydrogens is 236 g/mol. The van der Waals surface area contributed by atoms with Gasteiger partial charge < -0.3 is 20.5 Å². The van der Waals surface area contributed by atoms with Crippen molar-refractivity contribution in [1.29, 1.82) is 0 Å². The van der Waals surface area contributed by atoms with Gasteiger partial charge in [0.2, 0.25) is 5.91 Å². The largest absolute Gasteiger partial charge is 0.480 e. The summed E-state index contributed by atoms with van der Waals surface area (Å²) in [5, 5.41) is 14.6. The predicted molar refractivity (Wildman–Crippen MR) is 68.4 cm³/mol. The maximum atomic E-state index is 11.5. The summed E-state index contributed by atoms with van der Waals surface area (Å²) in [5.41, 5.74) is 0. The first-order chi connectivity index (χ1) is 8.47. The Bertz CT molecular complexity index is 256. The van der Waals surface area contributed by atoms with Crippen molar-refractivity contribution >= 4 is 11.9 Å². The third-order valence-electron chi connectivity index (χ3n) is 2.38. The zero-order valence-electron chi connectivity index (χ0n) is 11.4. The highest BCUT2D eigenvalue weighted by molar-refractivity contribution is 5.83. The molecule has 6 heteroatoms. The molecule has 0 spiro atoms. The molecule has 0 aromatic rings. The fraction of sp³-hybridized carbons (Fsp3) is 0.833. The van der Waals surface area contributed by atoms with Crippen molar-refractivity contribution in [2.75, 3.05) is 20.3 Å². The molecule has 1 amide bonds. The van der Waals surface area contributed by atoms with Crippen molar-refractivity contribution in [1.82, 2.24) is 10.6 Å². The molecule has 0 rings (SSSR count). The number of methoxy groups -OCH3 is 1. The maximum Gasteiger partial charge on any atom is 0.326 e. The molecule has 0 aromatic heterocycles. The molecule has 0 aliphatic heterocycles. The van der Waals surface area contributed by atoms with Gasteiger partial charge in [0.25, 0.3) is 0 Å². The van der Waals surface area contributed by atoms with Crippen LogP contribution in [0, 0.1) is 0 Å². The Hall–Kier alpha value is -1.14. The summed E-state index contributed by atoms with van der Waals surface area (Å²) in [6.07, 6.45) is 1.30. The quantitative estimate of drug-likeness (QED) is 0.494. The highest BCUT2D eigenvalue weighted by Gasteiger charge is 2.18. The van der Waals surface area contributed by atoms with Crippen LogP contribution < -0.4 is 10.6 Å². The van der Waals surface area contributed by atoms with E-state index in [-0.39, 0.29) is 12.3 Å². The van der Waals surface area contributed by atoms with Crippen LogP contribution in [0.2, 0.25) is 0 Å².